The van der Waals surface area contributed by atoms with E-state index in [9.17, 15) is 4.79 Å². The van der Waals surface area contributed by atoms with Gasteiger partial charge in [-0.2, -0.15) is 0 Å². The fraction of sp³-hybridized carbons (Fsp3) is 0.941. The van der Waals surface area contributed by atoms with Crippen molar-refractivity contribution in [2.75, 3.05) is 0 Å². The van der Waals surface area contributed by atoms with Gasteiger partial charge in [0.05, 0.1) is 0 Å². The summed E-state index contributed by atoms with van der Waals surface area (Å²) in [5.41, 5.74) is 0. The fourth-order valence-corrected chi connectivity index (χ4v) is 4.29. The summed E-state index contributed by atoms with van der Waals surface area (Å²) >= 11 is 0. The normalized spacial score (nSPS) is 35.9. The van der Waals surface area contributed by atoms with E-state index in [2.05, 4.69) is 5.32 Å². The molecule has 0 bridgehead atoms. The summed E-state index contributed by atoms with van der Waals surface area (Å²) in [5.74, 6) is 0.839. The van der Waals surface area contributed by atoms with Crippen molar-refractivity contribution in [1.82, 2.24) is 5.32 Å². The van der Waals surface area contributed by atoms with Crippen LogP contribution in [0.2, 0.25) is 0 Å². The van der Waals surface area contributed by atoms with Crippen LogP contribution in [0.4, 0.5) is 0 Å². The first kappa shape index (κ1) is 14.4. The monoisotopic (exact) mass is 279 g/mol. The predicted octanol–water partition coefficient (Wildman–Crippen LogP) is 3.56. The highest BCUT2D eigenvalue weighted by atomic mass is 16.5. The van der Waals surface area contributed by atoms with E-state index >= 15 is 0 Å². The third kappa shape index (κ3) is 3.55. The Morgan fingerprint density at radius 2 is 1.50 bits per heavy atom. The Morgan fingerprint density at radius 3 is 2.30 bits per heavy atom. The van der Waals surface area contributed by atoms with Crippen molar-refractivity contribution in [3.05, 3.63) is 0 Å². The topological polar surface area (TPSA) is 38.3 Å². The van der Waals surface area contributed by atoms with E-state index in [1.165, 1.54) is 57.8 Å². The summed E-state index contributed by atoms with van der Waals surface area (Å²) < 4.78 is 5.79. The average molecular weight is 279 g/mol. The molecule has 114 valence electrons. The number of hydrogen-bond acceptors (Lipinski definition) is 3. The second-order valence-electron chi connectivity index (χ2n) is 7.00. The van der Waals surface area contributed by atoms with Gasteiger partial charge in [-0.1, -0.05) is 25.7 Å². The quantitative estimate of drug-likeness (QED) is 0.620. The number of rotatable bonds is 2. The predicted molar refractivity (Wildman–Crippen MR) is 79.5 cm³/mol. The molecule has 3 heteroatoms. The van der Waals surface area contributed by atoms with Gasteiger partial charge in [0.2, 0.25) is 0 Å². The summed E-state index contributed by atoms with van der Waals surface area (Å²) in [5, 5.41) is 3.59. The molecule has 1 N–H and O–H groups in total. The SMILES string of the molecule is O=C(OC1CCCCCC1)C1CCC2CCCCC2N1. The lowest BCUT2D eigenvalue weighted by atomic mass is 9.78. The van der Waals surface area contributed by atoms with Gasteiger partial charge in [0.25, 0.3) is 0 Å². The van der Waals surface area contributed by atoms with E-state index in [1.807, 2.05) is 0 Å². The van der Waals surface area contributed by atoms with Gasteiger partial charge in [0.1, 0.15) is 12.1 Å². The molecule has 3 aliphatic rings. The zero-order valence-electron chi connectivity index (χ0n) is 12.6. The molecule has 3 atom stereocenters. The summed E-state index contributed by atoms with van der Waals surface area (Å²) in [6.45, 7) is 0. The van der Waals surface area contributed by atoms with Crippen molar-refractivity contribution in [3.63, 3.8) is 0 Å². The van der Waals surface area contributed by atoms with Crippen LogP contribution in [0.25, 0.3) is 0 Å². The van der Waals surface area contributed by atoms with Crippen LogP contribution in [0, 0.1) is 5.92 Å². The first-order chi connectivity index (χ1) is 9.83. The summed E-state index contributed by atoms with van der Waals surface area (Å²) in [7, 11) is 0. The lowest BCUT2D eigenvalue weighted by molar-refractivity contribution is -0.153. The van der Waals surface area contributed by atoms with Gasteiger partial charge in [-0.05, 0) is 57.3 Å². The van der Waals surface area contributed by atoms with E-state index in [4.69, 9.17) is 4.74 Å². The Kier molecular flexibility index (Phi) is 4.98. The van der Waals surface area contributed by atoms with Gasteiger partial charge in [-0.15, -0.1) is 0 Å². The van der Waals surface area contributed by atoms with Crippen LogP contribution in [0.15, 0.2) is 0 Å². The zero-order chi connectivity index (χ0) is 13.8. The van der Waals surface area contributed by atoms with Crippen molar-refractivity contribution in [2.24, 2.45) is 5.92 Å². The third-order valence-electron chi connectivity index (χ3n) is 5.52. The van der Waals surface area contributed by atoms with Crippen LogP contribution in [0.1, 0.15) is 77.0 Å². The van der Waals surface area contributed by atoms with Crippen LogP contribution < -0.4 is 5.32 Å². The lowest BCUT2D eigenvalue weighted by Gasteiger charge is -2.39. The summed E-state index contributed by atoms with van der Waals surface area (Å²) in [4.78, 5) is 12.4. The number of carbonyl (C=O) groups is 1. The van der Waals surface area contributed by atoms with Gasteiger partial charge >= 0.3 is 5.97 Å². The van der Waals surface area contributed by atoms with Crippen LogP contribution in [-0.2, 0) is 9.53 Å². The van der Waals surface area contributed by atoms with Crippen LogP contribution in [0.5, 0.6) is 0 Å². The lowest BCUT2D eigenvalue weighted by Crippen LogP contribution is -2.52. The van der Waals surface area contributed by atoms with Crippen molar-refractivity contribution >= 4 is 5.97 Å². The van der Waals surface area contributed by atoms with Crippen molar-refractivity contribution in [1.29, 1.82) is 0 Å². The maximum Gasteiger partial charge on any atom is 0.323 e. The molecule has 1 saturated heterocycles. The number of ether oxygens (including phenoxy) is 1. The third-order valence-corrected chi connectivity index (χ3v) is 5.52. The Bertz CT molecular complexity index is 323. The van der Waals surface area contributed by atoms with Crippen molar-refractivity contribution < 1.29 is 9.53 Å². The molecule has 0 aromatic rings. The van der Waals surface area contributed by atoms with Crippen LogP contribution in [-0.4, -0.2) is 24.2 Å². The maximum atomic E-state index is 12.4. The number of carbonyl (C=O) groups excluding carboxylic acids is 1. The standard InChI is InChI=1S/C17H29NO2/c19-17(20-14-8-3-1-2-4-9-14)16-12-11-13-7-5-6-10-15(13)18-16/h13-16,18H,1-12H2. The largest absolute Gasteiger partial charge is 0.461 e. The molecule has 3 unspecified atom stereocenters. The maximum absolute atomic E-state index is 12.4. The van der Waals surface area contributed by atoms with Crippen LogP contribution in [0.3, 0.4) is 0 Å². The Hall–Kier alpha value is -0.570. The minimum Gasteiger partial charge on any atom is -0.461 e. The molecule has 2 aliphatic carbocycles. The first-order valence-corrected chi connectivity index (χ1v) is 8.79. The van der Waals surface area contributed by atoms with Crippen molar-refractivity contribution in [2.45, 2.75) is 95.2 Å². The molecular weight excluding hydrogens is 250 g/mol. The average Bonchev–Trinajstić information content (AvgIpc) is 2.75. The van der Waals surface area contributed by atoms with Gasteiger partial charge in [-0.25, -0.2) is 0 Å². The Labute approximate surface area is 122 Å². The van der Waals surface area contributed by atoms with Crippen LogP contribution >= 0.6 is 0 Å². The fourth-order valence-electron chi connectivity index (χ4n) is 4.29. The molecule has 1 heterocycles. The molecule has 0 amide bonds. The number of esters is 1. The minimum atomic E-state index is -0.0300. The number of fused-ring (bicyclic) bond motifs is 1. The molecular formula is C17H29NO2. The summed E-state index contributed by atoms with van der Waals surface area (Å²) in [6, 6.07) is 0.543. The first-order valence-electron chi connectivity index (χ1n) is 8.79. The molecule has 0 spiro atoms. The van der Waals surface area contributed by atoms with E-state index in [0.29, 0.717) is 6.04 Å². The molecule has 3 nitrogen and oxygen atoms in total. The molecule has 0 aromatic heterocycles. The minimum absolute atomic E-state index is 0.0286. The number of piperidine rings is 1. The number of nitrogens with one attached hydrogen (secondary N) is 1. The molecule has 2 saturated carbocycles. The highest BCUT2D eigenvalue weighted by Gasteiger charge is 2.35. The van der Waals surface area contributed by atoms with Crippen molar-refractivity contribution in [3.8, 4) is 0 Å². The summed E-state index contributed by atoms with van der Waals surface area (Å²) in [6.07, 6.45) is 14.9. The van der Waals surface area contributed by atoms with Gasteiger partial charge in [0.15, 0.2) is 0 Å². The highest BCUT2D eigenvalue weighted by molar-refractivity contribution is 5.76. The smallest absolute Gasteiger partial charge is 0.323 e. The highest BCUT2D eigenvalue weighted by Crippen LogP contribution is 2.32. The van der Waals surface area contributed by atoms with Gasteiger partial charge < -0.3 is 10.1 Å². The van der Waals surface area contributed by atoms with E-state index in [1.54, 1.807) is 0 Å². The molecule has 20 heavy (non-hydrogen) atoms. The Balaban J connectivity index is 1.49. The molecule has 0 radical (unpaired) electrons. The van der Waals surface area contributed by atoms with E-state index < -0.39 is 0 Å². The zero-order valence-corrected chi connectivity index (χ0v) is 12.6. The van der Waals surface area contributed by atoms with Gasteiger partial charge in [0, 0.05) is 6.04 Å². The second kappa shape index (κ2) is 6.93. The molecule has 0 aromatic carbocycles. The molecule has 3 rings (SSSR count). The number of hydrogen-bond donors (Lipinski definition) is 1. The van der Waals surface area contributed by atoms with E-state index in [0.717, 1.165) is 25.2 Å². The van der Waals surface area contributed by atoms with Gasteiger partial charge in [-0.3, -0.25) is 4.79 Å². The van der Waals surface area contributed by atoms with E-state index in [-0.39, 0.29) is 18.1 Å². The molecule has 1 aliphatic heterocycles. The Morgan fingerprint density at radius 1 is 0.800 bits per heavy atom. The second-order valence-corrected chi connectivity index (χ2v) is 7.00. The molecule has 3 fully saturated rings.